The van der Waals surface area contributed by atoms with Gasteiger partial charge in [-0.3, -0.25) is 0 Å². The van der Waals surface area contributed by atoms with Crippen molar-refractivity contribution < 1.29 is 18.8 Å². The first-order valence-corrected chi connectivity index (χ1v) is 6.33. The summed E-state index contributed by atoms with van der Waals surface area (Å²) in [5.74, 6) is -0.505. The van der Waals surface area contributed by atoms with Gasteiger partial charge in [0.25, 0.3) is 0 Å². The van der Waals surface area contributed by atoms with Gasteiger partial charge in [-0.2, -0.15) is 5.26 Å². The van der Waals surface area contributed by atoms with Crippen LogP contribution < -0.4 is 5.46 Å². The van der Waals surface area contributed by atoms with Crippen LogP contribution in [0.2, 0.25) is 0 Å². The van der Waals surface area contributed by atoms with E-state index < -0.39 is 13.1 Å². The molecule has 6 heteroatoms. The summed E-state index contributed by atoms with van der Waals surface area (Å²) in [7, 11) is 0.588. The zero-order valence-electron chi connectivity index (χ0n) is 11.8. The molecule has 20 heavy (non-hydrogen) atoms. The summed E-state index contributed by atoms with van der Waals surface area (Å²) in [4.78, 5) is 11.8. The molecule has 104 valence electrons. The molecule has 1 heterocycles. The van der Waals surface area contributed by atoms with E-state index in [0.717, 1.165) is 0 Å². The highest BCUT2D eigenvalue weighted by molar-refractivity contribution is 6.63. The van der Waals surface area contributed by atoms with Crippen LogP contribution in [0.4, 0.5) is 0 Å². The number of benzene rings is 1. The number of methoxy groups -OCH3 is 1. The first kappa shape index (κ1) is 14.6. The largest absolute Gasteiger partial charge is 0.496 e. The van der Waals surface area contributed by atoms with Gasteiger partial charge in [0, 0.05) is 24.1 Å². The van der Waals surface area contributed by atoms with E-state index in [2.05, 4.69) is 6.07 Å². The second-order valence-electron chi connectivity index (χ2n) is 5.49. The van der Waals surface area contributed by atoms with Crippen LogP contribution in [0.3, 0.4) is 0 Å². The van der Waals surface area contributed by atoms with E-state index in [9.17, 15) is 10.1 Å². The lowest BCUT2D eigenvalue weighted by Crippen LogP contribution is -2.50. The summed E-state index contributed by atoms with van der Waals surface area (Å²) in [5, 5.41) is 9.22. The van der Waals surface area contributed by atoms with Crippen molar-refractivity contribution in [3.8, 4) is 6.07 Å². The van der Waals surface area contributed by atoms with Gasteiger partial charge in [0.2, 0.25) is 0 Å². The first-order valence-electron chi connectivity index (χ1n) is 6.33. The number of esters is 1. The van der Waals surface area contributed by atoms with E-state index in [-0.39, 0.29) is 5.41 Å². The minimum Gasteiger partial charge on any atom is -0.465 e. The average Bonchev–Trinajstić information content (AvgIpc) is 2.45. The van der Waals surface area contributed by atoms with Crippen molar-refractivity contribution in [3.05, 3.63) is 29.3 Å². The number of hydrogen-bond acceptors (Lipinski definition) is 5. The summed E-state index contributed by atoms with van der Waals surface area (Å²) >= 11 is 0. The highest BCUT2D eigenvalue weighted by Crippen LogP contribution is 2.22. The van der Waals surface area contributed by atoms with Crippen LogP contribution >= 0.6 is 0 Å². The van der Waals surface area contributed by atoms with Crippen molar-refractivity contribution in [1.29, 1.82) is 5.26 Å². The number of carbonyl (C=O) groups excluding carboxylic acids is 1. The lowest BCUT2D eigenvalue weighted by atomic mass is 9.71. The van der Waals surface area contributed by atoms with Crippen LogP contribution in [0.25, 0.3) is 0 Å². The molecule has 0 aliphatic carbocycles. The lowest BCUT2D eigenvalue weighted by molar-refractivity contribution is 0.0339. The van der Waals surface area contributed by atoms with E-state index in [1.165, 1.54) is 7.11 Å². The average molecular weight is 273 g/mol. The molecule has 1 aromatic rings. The molecule has 0 bridgehead atoms. The van der Waals surface area contributed by atoms with E-state index in [4.69, 9.17) is 14.0 Å². The summed E-state index contributed by atoms with van der Waals surface area (Å²) < 4.78 is 16.1. The number of nitriles is 1. The van der Waals surface area contributed by atoms with Gasteiger partial charge in [-0.05, 0) is 12.1 Å². The number of ether oxygens (including phenoxy) is 1. The monoisotopic (exact) mass is 273 g/mol. The minimum atomic E-state index is -0.715. The van der Waals surface area contributed by atoms with Crippen LogP contribution in [-0.4, -0.2) is 33.4 Å². The Bertz CT molecular complexity index is 555. The number of nitrogens with zero attached hydrogens (tertiary/aromatic N) is 1. The molecule has 1 aliphatic heterocycles. The number of carbonyl (C=O) groups is 1. The third-order valence-corrected chi connectivity index (χ3v) is 3.12. The van der Waals surface area contributed by atoms with Gasteiger partial charge < -0.3 is 14.0 Å². The molecular formula is C14H16BNO4. The molecule has 0 unspecified atom stereocenters. The fourth-order valence-corrected chi connectivity index (χ4v) is 2.06. The molecule has 0 aromatic heterocycles. The molecule has 0 saturated carbocycles. The molecule has 1 aromatic carbocycles. The fraction of sp³-hybridized carbons (Fsp3) is 0.429. The van der Waals surface area contributed by atoms with Crippen molar-refractivity contribution in [2.24, 2.45) is 5.41 Å². The molecule has 1 aliphatic rings. The molecule has 0 N–H and O–H groups in total. The fourth-order valence-electron chi connectivity index (χ4n) is 2.06. The van der Waals surface area contributed by atoms with E-state index in [0.29, 0.717) is 29.8 Å². The highest BCUT2D eigenvalue weighted by Gasteiger charge is 2.37. The van der Waals surface area contributed by atoms with E-state index in [1.807, 2.05) is 13.8 Å². The van der Waals surface area contributed by atoms with Gasteiger partial charge in [-0.25, -0.2) is 4.79 Å². The van der Waals surface area contributed by atoms with Crippen LogP contribution in [-0.2, 0) is 14.0 Å². The topological polar surface area (TPSA) is 68.6 Å². The van der Waals surface area contributed by atoms with E-state index >= 15 is 0 Å². The standard InChI is InChI=1S/C14H16BNO4/c1-14(2)8-19-15(20-9-14)12-10(7-16)5-4-6-11(12)13(17)18-3/h4-6H,8-9H2,1-3H3. The molecule has 0 amide bonds. The lowest BCUT2D eigenvalue weighted by Gasteiger charge is -2.33. The molecule has 5 nitrogen and oxygen atoms in total. The van der Waals surface area contributed by atoms with Crippen molar-refractivity contribution >= 4 is 18.6 Å². The Balaban J connectivity index is 2.40. The Hall–Kier alpha value is -1.84. The Labute approximate surface area is 118 Å². The van der Waals surface area contributed by atoms with Crippen LogP contribution in [0.5, 0.6) is 0 Å². The predicted molar refractivity (Wildman–Crippen MR) is 73.6 cm³/mol. The van der Waals surface area contributed by atoms with Crippen molar-refractivity contribution in [2.75, 3.05) is 20.3 Å². The SMILES string of the molecule is COC(=O)c1cccc(C#N)c1B1OCC(C)(C)CO1. The second kappa shape index (κ2) is 5.65. The minimum absolute atomic E-state index is 0.0798. The number of hydrogen-bond donors (Lipinski definition) is 0. The third kappa shape index (κ3) is 2.84. The molecular weight excluding hydrogens is 257 g/mol. The zero-order chi connectivity index (χ0) is 14.8. The Morgan fingerprint density at radius 2 is 2.05 bits per heavy atom. The molecule has 1 fully saturated rings. The molecule has 2 rings (SSSR count). The molecule has 1 saturated heterocycles. The Morgan fingerprint density at radius 3 is 2.60 bits per heavy atom. The summed E-state index contributed by atoms with van der Waals surface area (Å²) in [6, 6.07) is 6.94. The van der Waals surface area contributed by atoms with Gasteiger partial charge >= 0.3 is 13.1 Å². The maximum Gasteiger partial charge on any atom is 0.496 e. The zero-order valence-corrected chi connectivity index (χ0v) is 11.8. The van der Waals surface area contributed by atoms with E-state index in [1.54, 1.807) is 18.2 Å². The Kier molecular flexibility index (Phi) is 4.12. The molecule has 0 atom stereocenters. The maximum atomic E-state index is 11.8. The summed E-state index contributed by atoms with van der Waals surface area (Å²) in [6.45, 7) is 5.05. The van der Waals surface area contributed by atoms with Gasteiger partial charge in [0.1, 0.15) is 0 Å². The number of rotatable bonds is 2. The summed E-state index contributed by atoms with van der Waals surface area (Å²) in [5.41, 5.74) is 1.02. The van der Waals surface area contributed by atoms with Crippen LogP contribution in [0.1, 0.15) is 29.8 Å². The second-order valence-corrected chi connectivity index (χ2v) is 5.49. The smallest absolute Gasteiger partial charge is 0.465 e. The van der Waals surface area contributed by atoms with Crippen molar-refractivity contribution in [1.82, 2.24) is 0 Å². The van der Waals surface area contributed by atoms with Crippen molar-refractivity contribution in [2.45, 2.75) is 13.8 Å². The summed E-state index contributed by atoms with van der Waals surface area (Å²) in [6.07, 6.45) is 0. The first-order chi connectivity index (χ1) is 9.48. The van der Waals surface area contributed by atoms with Gasteiger partial charge in [0.05, 0.1) is 24.3 Å². The normalized spacial score (nSPS) is 17.4. The highest BCUT2D eigenvalue weighted by atomic mass is 16.6. The van der Waals surface area contributed by atoms with Crippen LogP contribution in [0, 0.1) is 16.7 Å². The van der Waals surface area contributed by atoms with Gasteiger partial charge in [-0.15, -0.1) is 0 Å². The predicted octanol–water partition coefficient (Wildman–Crippen LogP) is 1.11. The molecule has 0 spiro atoms. The molecule has 0 radical (unpaired) electrons. The van der Waals surface area contributed by atoms with Gasteiger partial charge in [0.15, 0.2) is 0 Å². The van der Waals surface area contributed by atoms with Crippen molar-refractivity contribution in [3.63, 3.8) is 0 Å². The third-order valence-electron chi connectivity index (χ3n) is 3.12. The quantitative estimate of drug-likeness (QED) is 0.596. The van der Waals surface area contributed by atoms with Gasteiger partial charge in [-0.1, -0.05) is 19.9 Å². The maximum absolute atomic E-state index is 11.8. The Morgan fingerprint density at radius 1 is 1.40 bits per heavy atom. The van der Waals surface area contributed by atoms with Crippen LogP contribution in [0.15, 0.2) is 18.2 Å².